The first-order valence-corrected chi connectivity index (χ1v) is 0.651. The average Bonchev–Trinajstić information content (AvgIpc) is 0.811. The number of hydrogen-bond acceptors (Lipinski definition) is 1. The fourth-order valence-corrected chi connectivity index (χ4v) is 0. The topological polar surface area (TPSA) is 152 Å². The Bertz CT molecular complexity index is 31.5. The molecule has 0 heterocycles. The van der Waals surface area contributed by atoms with Crippen molar-refractivity contribution < 1.29 is 31.4 Å². The van der Waals surface area contributed by atoms with Crippen molar-refractivity contribution in [2.24, 2.45) is 0 Å². The van der Waals surface area contributed by atoms with Crippen LogP contribution in [0, 0.1) is 0 Å². The molecule has 0 rings (SSSR count). The summed E-state index contributed by atoms with van der Waals surface area (Å²) in [7, 11) is 0. The molecular weight excluding hydrogens is 135 g/mol. The quantitative estimate of drug-likeness (QED) is 0.342. The molecule has 6 nitrogen and oxygen atoms in total. The van der Waals surface area contributed by atoms with Crippen molar-refractivity contribution >= 4 is 23.5 Å². The third-order valence-electron chi connectivity index (χ3n) is 0. The van der Waals surface area contributed by atoms with Crippen LogP contribution in [0.25, 0.3) is 0 Å². The Morgan fingerprint density at radius 3 is 1.00 bits per heavy atom. The summed E-state index contributed by atoms with van der Waals surface area (Å²) in [4.78, 5) is 8.56. The van der Waals surface area contributed by atoms with Crippen LogP contribution in [0.1, 0.15) is 0 Å². The van der Waals surface area contributed by atoms with Gasteiger partial charge in [0.2, 0.25) is 0 Å². The molecule has 0 aromatic rings. The summed E-state index contributed by atoms with van der Waals surface area (Å²) in [5.41, 5.74) is 0. The first-order chi connectivity index (χ1) is 1.73. The van der Waals surface area contributed by atoms with E-state index in [0.717, 1.165) is 0 Å². The molecule has 0 fully saturated rings. The lowest BCUT2D eigenvalue weighted by molar-refractivity contribution is 0.137. The van der Waals surface area contributed by atoms with Crippen LogP contribution in [-0.4, -0.2) is 50.2 Å². The Kier molecular flexibility index (Phi) is 179. The van der Waals surface area contributed by atoms with Crippen LogP contribution < -0.4 is 0 Å². The maximum Gasteiger partial charge on any atom is 0.503 e. The van der Waals surface area contributed by atoms with Gasteiger partial charge in [-0.05, 0) is 0 Å². The second kappa shape index (κ2) is 30.0. The van der Waals surface area contributed by atoms with Crippen molar-refractivity contribution in [2.75, 3.05) is 0 Å². The second-order valence-electron chi connectivity index (χ2n) is 0.283. The molecule has 0 radical (unpaired) electrons. The predicted octanol–water partition coefficient (Wildman–Crippen LogP) is -3.44. The molecule has 7 heteroatoms. The first-order valence-electron chi connectivity index (χ1n) is 0.651. The number of carboxylic acid groups (broad SMARTS) is 2. The van der Waals surface area contributed by atoms with E-state index in [1.807, 2.05) is 0 Å². The van der Waals surface area contributed by atoms with Gasteiger partial charge in [-0.1, -0.05) is 0 Å². The standard InChI is InChI=1S/CH2O3.Al.3H2O.3H/c2-1(3)4;;;;;;;/h(H2,2,3,4);;3*1H2;;;. The highest BCUT2D eigenvalue weighted by atomic mass is 27.0. The molecule has 8 N–H and O–H groups in total. The van der Waals surface area contributed by atoms with Crippen molar-refractivity contribution in [1.29, 1.82) is 0 Å². The van der Waals surface area contributed by atoms with Crippen LogP contribution in [0.4, 0.5) is 4.79 Å². The third kappa shape index (κ3) is 1240. The van der Waals surface area contributed by atoms with E-state index in [4.69, 9.17) is 15.0 Å². The molecular formula is CH11AlO6. The molecule has 0 aliphatic rings. The lowest BCUT2D eigenvalue weighted by Crippen LogP contribution is -1.81. The molecule has 0 saturated heterocycles. The molecule has 8 heavy (non-hydrogen) atoms. The normalized spacial score (nSPS) is 3.00. The van der Waals surface area contributed by atoms with Gasteiger partial charge in [-0.15, -0.1) is 0 Å². The van der Waals surface area contributed by atoms with E-state index in [1.54, 1.807) is 0 Å². The van der Waals surface area contributed by atoms with E-state index in [-0.39, 0.29) is 33.8 Å². The first kappa shape index (κ1) is 47.7. The molecule has 54 valence electrons. The Morgan fingerprint density at radius 1 is 1.00 bits per heavy atom. The van der Waals surface area contributed by atoms with E-state index in [2.05, 4.69) is 0 Å². The lowest BCUT2D eigenvalue weighted by atomic mass is 11.5. The Hall–Kier alpha value is -0.318. The fraction of sp³-hybridized carbons (Fsp3) is 0. The molecule has 0 saturated carbocycles. The summed E-state index contributed by atoms with van der Waals surface area (Å²) in [5, 5.41) is 13.9. The molecule has 0 aliphatic carbocycles. The molecule has 0 unspecified atom stereocenters. The maximum absolute atomic E-state index is 8.56. The van der Waals surface area contributed by atoms with E-state index in [1.165, 1.54) is 0 Å². The molecule has 0 atom stereocenters. The number of rotatable bonds is 0. The highest BCUT2D eigenvalue weighted by Crippen LogP contribution is 1.42. The second-order valence-corrected chi connectivity index (χ2v) is 0.283. The fourth-order valence-electron chi connectivity index (χ4n) is 0. The molecule has 0 spiro atoms. The van der Waals surface area contributed by atoms with Crippen molar-refractivity contribution in [3.8, 4) is 0 Å². The van der Waals surface area contributed by atoms with Gasteiger partial charge in [0.1, 0.15) is 0 Å². The number of hydrogen-bond donors (Lipinski definition) is 2. The average molecular weight is 146 g/mol. The minimum absolute atomic E-state index is 0. The minimum atomic E-state index is -1.83. The van der Waals surface area contributed by atoms with Crippen LogP contribution in [0.2, 0.25) is 0 Å². The molecule has 0 aliphatic heterocycles. The van der Waals surface area contributed by atoms with Crippen molar-refractivity contribution in [2.45, 2.75) is 0 Å². The zero-order chi connectivity index (χ0) is 3.58. The zero-order valence-corrected chi connectivity index (χ0v) is 3.30. The summed E-state index contributed by atoms with van der Waals surface area (Å²) in [5.74, 6) is 0. The summed E-state index contributed by atoms with van der Waals surface area (Å²) >= 11 is 0. The van der Waals surface area contributed by atoms with Crippen molar-refractivity contribution in [1.82, 2.24) is 0 Å². The third-order valence-corrected chi connectivity index (χ3v) is 0. The monoisotopic (exact) mass is 146 g/mol. The predicted molar refractivity (Wildman–Crippen MR) is 31.4 cm³/mol. The Labute approximate surface area is 55.8 Å². The van der Waals surface area contributed by atoms with Gasteiger partial charge in [-0.2, -0.15) is 0 Å². The van der Waals surface area contributed by atoms with Crippen LogP contribution >= 0.6 is 0 Å². The lowest BCUT2D eigenvalue weighted by Gasteiger charge is -1.60. The number of carbonyl (C=O) groups is 1. The van der Waals surface area contributed by atoms with Gasteiger partial charge in [-0.3, -0.25) is 0 Å². The smallest absolute Gasteiger partial charge is 0.450 e. The molecule has 0 aromatic heterocycles. The van der Waals surface area contributed by atoms with Crippen molar-refractivity contribution in [3.63, 3.8) is 0 Å². The Balaban J connectivity index is -0.00000000750. The van der Waals surface area contributed by atoms with Crippen LogP contribution in [0.3, 0.4) is 0 Å². The van der Waals surface area contributed by atoms with Gasteiger partial charge in [0.05, 0.1) is 0 Å². The van der Waals surface area contributed by atoms with Gasteiger partial charge in [0.15, 0.2) is 17.4 Å². The Morgan fingerprint density at radius 2 is 1.00 bits per heavy atom. The summed E-state index contributed by atoms with van der Waals surface area (Å²) in [6, 6.07) is 0. The van der Waals surface area contributed by atoms with Crippen LogP contribution in [0.5, 0.6) is 0 Å². The molecule has 0 bridgehead atoms. The minimum Gasteiger partial charge on any atom is -0.450 e. The summed E-state index contributed by atoms with van der Waals surface area (Å²) in [6.45, 7) is 0. The van der Waals surface area contributed by atoms with E-state index in [9.17, 15) is 0 Å². The van der Waals surface area contributed by atoms with Gasteiger partial charge in [0.25, 0.3) is 0 Å². The van der Waals surface area contributed by atoms with E-state index in [0.29, 0.717) is 0 Å². The SMILES string of the molecule is O.O.O.O=C(O)O.[AlH3]. The maximum atomic E-state index is 8.56. The molecule has 0 amide bonds. The van der Waals surface area contributed by atoms with E-state index < -0.39 is 6.16 Å². The van der Waals surface area contributed by atoms with Crippen molar-refractivity contribution in [3.05, 3.63) is 0 Å². The summed E-state index contributed by atoms with van der Waals surface area (Å²) in [6.07, 6.45) is -1.83. The van der Waals surface area contributed by atoms with Gasteiger partial charge >= 0.3 is 6.16 Å². The van der Waals surface area contributed by atoms with Gasteiger partial charge in [0, 0.05) is 0 Å². The largest absolute Gasteiger partial charge is 0.503 e. The van der Waals surface area contributed by atoms with Gasteiger partial charge in [-0.25, -0.2) is 4.79 Å². The summed E-state index contributed by atoms with van der Waals surface area (Å²) < 4.78 is 0. The highest BCUT2D eigenvalue weighted by Gasteiger charge is 1.70. The van der Waals surface area contributed by atoms with Crippen LogP contribution in [-0.2, 0) is 0 Å². The van der Waals surface area contributed by atoms with Crippen LogP contribution in [0.15, 0.2) is 0 Å². The van der Waals surface area contributed by atoms with Gasteiger partial charge < -0.3 is 26.6 Å². The highest BCUT2D eigenvalue weighted by molar-refractivity contribution is 5.75. The zero-order valence-electron chi connectivity index (χ0n) is 3.30. The molecule has 0 aromatic carbocycles. The van der Waals surface area contributed by atoms with E-state index >= 15 is 0 Å².